The quantitative estimate of drug-likeness (QED) is 0.579. The van der Waals surface area contributed by atoms with E-state index in [-0.39, 0.29) is 5.91 Å². The molecule has 0 fully saturated rings. The number of aromatic nitrogens is 1. The first-order valence-corrected chi connectivity index (χ1v) is 7.80. The molecule has 1 N–H and O–H groups in total. The first-order chi connectivity index (χ1) is 11.7. The van der Waals surface area contributed by atoms with Gasteiger partial charge in [-0.05, 0) is 48.9 Å². The molecule has 1 amide bonds. The average molecular weight is 321 g/mol. The zero-order valence-corrected chi connectivity index (χ0v) is 13.7. The van der Waals surface area contributed by atoms with E-state index in [9.17, 15) is 4.79 Å². The molecular weight excluding hydrogens is 302 g/mol. The fourth-order valence-electron chi connectivity index (χ4n) is 2.55. The number of rotatable bonds is 5. The van der Waals surface area contributed by atoms with Crippen LogP contribution in [0.4, 0.5) is 0 Å². The summed E-state index contributed by atoms with van der Waals surface area (Å²) < 4.78 is 7.24. The Morgan fingerprint density at radius 2 is 1.96 bits per heavy atom. The molecule has 2 aromatic carbocycles. The molecule has 122 valence electrons. The minimum absolute atomic E-state index is 0.240. The van der Waals surface area contributed by atoms with E-state index in [1.807, 2.05) is 73.1 Å². The van der Waals surface area contributed by atoms with Crippen LogP contribution in [0.1, 0.15) is 23.0 Å². The number of amides is 1. The number of hydrogen-bond donors (Lipinski definition) is 1. The predicted octanol–water partition coefficient (Wildman–Crippen LogP) is 3.34. The molecule has 0 atom stereocenters. The van der Waals surface area contributed by atoms with E-state index in [1.54, 1.807) is 6.21 Å². The number of hydrogen-bond acceptors (Lipinski definition) is 3. The van der Waals surface area contributed by atoms with Crippen molar-refractivity contribution in [3.8, 4) is 5.75 Å². The third-order valence-corrected chi connectivity index (χ3v) is 3.76. The van der Waals surface area contributed by atoms with Crippen LogP contribution in [0.25, 0.3) is 10.9 Å². The van der Waals surface area contributed by atoms with Crippen molar-refractivity contribution in [3.05, 3.63) is 65.9 Å². The number of para-hydroxylation sites is 1. The molecule has 0 aliphatic carbocycles. The lowest BCUT2D eigenvalue weighted by molar-refractivity contribution is 0.0947. The van der Waals surface area contributed by atoms with E-state index in [0.29, 0.717) is 12.3 Å². The molecule has 0 spiro atoms. The molecule has 0 saturated carbocycles. The maximum Gasteiger partial charge on any atom is 0.287 e. The van der Waals surface area contributed by atoms with Crippen LogP contribution in [0.2, 0.25) is 0 Å². The first kappa shape index (κ1) is 15.8. The SMILES string of the molecule is CCOc1ccc(/C=N/NC(=O)c2cc3ccccc3n2C)cc1. The van der Waals surface area contributed by atoms with Crippen molar-refractivity contribution in [2.45, 2.75) is 6.92 Å². The Balaban J connectivity index is 1.69. The fraction of sp³-hybridized carbons (Fsp3) is 0.158. The molecule has 5 heteroatoms. The number of hydrazone groups is 1. The molecule has 0 unspecified atom stereocenters. The van der Waals surface area contributed by atoms with E-state index in [1.165, 1.54) is 0 Å². The van der Waals surface area contributed by atoms with Gasteiger partial charge in [-0.15, -0.1) is 0 Å². The van der Waals surface area contributed by atoms with Gasteiger partial charge in [0, 0.05) is 18.0 Å². The van der Waals surface area contributed by atoms with Crippen LogP contribution in [-0.2, 0) is 7.05 Å². The van der Waals surface area contributed by atoms with Crippen molar-refractivity contribution >= 4 is 23.0 Å². The fourth-order valence-corrected chi connectivity index (χ4v) is 2.55. The van der Waals surface area contributed by atoms with Crippen LogP contribution < -0.4 is 10.2 Å². The third kappa shape index (κ3) is 3.30. The standard InChI is InChI=1S/C19H19N3O2/c1-3-24-16-10-8-14(9-11-16)13-20-21-19(23)18-12-15-6-4-5-7-17(15)22(18)2/h4-13H,3H2,1-2H3,(H,21,23)/b20-13+. The van der Waals surface area contributed by atoms with Gasteiger partial charge in [0.05, 0.1) is 12.8 Å². The maximum atomic E-state index is 12.3. The molecule has 0 aliphatic rings. The first-order valence-electron chi connectivity index (χ1n) is 7.80. The van der Waals surface area contributed by atoms with Crippen LogP contribution in [0.15, 0.2) is 59.7 Å². The highest BCUT2D eigenvalue weighted by atomic mass is 16.5. The van der Waals surface area contributed by atoms with E-state index >= 15 is 0 Å². The molecule has 1 heterocycles. The summed E-state index contributed by atoms with van der Waals surface area (Å²) in [6.07, 6.45) is 1.61. The van der Waals surface area contributed by atoms with Gasteiger partial charge >= 0.3 is 0 Å². The molecule has 5 nitrogen and oxygen atoms in total. The summed E-state index contributed by atoms with van der Waals surface area (Å²) >= 11 is 0. The second kappa shape index (κ2) is 7.00. The zero-order valence-electron chi connectivity index (χ0n) is 13.7. The lowest BCUT2D eigenvalue weighted by Crippen LogP contribution is -2.20. The van der Waals surface area contributed by atoms with Gasteiger partial charge in [-0.3, -0.25) is 4.79 Å². The molecule has 0 aliphatic heterocycles. The van der Waals surface area contributed by atoms with E-state index in [4.69, 9.17) is 4.74 Å². The van der Waals surface area contributed by atoms with Crippen LogP contribution in [0.3, 0.4) is 0 Å². The van der Waals surface area contributed by atoms with Crippen molar-refractivity contribution in [3.63, 3.8) is 0 Å². The van der Waals surface area contributed by atoms with Gasteiger partial charge in [-0.25, -0.2) is 5.43 Å². The maximum absolute atomic E-state index is 12.3. The average Bonchev–Trinajstić information content (AvgIpc) is 2.94. The van der Waals surface area contributed by atoms with E-state index in [0.717, 1.165) is 22.2 Å². The minimum atomic E-state index is -0.240. The van der Waals surface area contributed by atoms with Crippen LogP contribution in [-0.4, -0.2) is 23.3 Å². The number of carbonyl (C=O) groups excluding carboxylic acids is 1. The highest BCUT2D eigenvalue weighted by molar-refractivity contribution is 5.99. The van der Waals surface area contributed by atoms with Gasteiger partial charge in [-0.2, -0.15) is 5.10 Å². The van der Waals surface area contributed by atoms with Gasteiger partial charge in [0.15, 0.2) is 0 Å². The summed E-state index contributed by atoms with van der Waals surface area (Å²) in [5.41, 5.74) is 5.03. The van der Waals surface area contributed by atoms with Crippen molar-refractivity contribution in [1.82, 2.24) is 9.99 Å². The second-order valence-electron chi connectivity index (χ2n) is 5.35. The van der Waals surface area contributed by atoms with Crippen molar-refractivity contribution in [2.24, 2.45) is 12.1 Å². The number of nitrogens with zero attached hydrogens (tertiary/aromatic N) is 2. The molecule has 0 bridgehead atoms. The molecule has 24 heavy (non-hydrogen) atoms. The predicted molar refractivity (Wildman–Crippen MR) is 95.6 cm³/mol. The Hall–Kier alpha value is -3.08. The molecule has 0 saturated heterocycles. The Morgan fingerprint density at radius 3 is 2.67 bits per heavy atom. The Bertz CT molecular complexity index is 879. The second-order valence-corrected chi connectivity index (χ2v) is 5.35. The molecular formula is C19H19N3O2. The summed E-state index contributed by atoms with van der Waals surface area (Å²) in [5, 5.41) is 5.05. The molecule has 0 radical (unpaired) electrons. The summed E-state index contributed by atoms with van der Waals surface area (Å²) in [7, 11) is 1.87. The Labute approximate surface area is 140 Å². The van der Waals surface area contributed by atoms with Gasteiger partial charge in [0.2, 0.25) is 0 Å². The smallest absolute Gasteiger partial charge is 0.287 e. The minimum Gasteiger partial charge on any atom is -0.494 e. The summed E-state index contributed by atoms with van der Waals surface area (Å²) in [6.45, 7) is 2.58. The largest absolute Gasteiger partial charge is 0.494 e. The van der Waals surface area contributed by atoms with Crippen molar-refractivity contribution in [1.29, 1.82) is 0 Å². The number of ether oxygens (including phenoxy) is 1. The third-order valence-electron chi connectivity index (χ3n) is 3.76. The van der Waals surface area contributed by atoms with E-state index in [2.05, 4.69) is 10.5 Å². The van der Waals surface area contributed by atoms with Crippen LogP contribution in [0, 0.1) is 0 Å². The summed E-state index contributed by atoms with van der Waals surface area (Å²) in [4.78, 5) is 12.3. The summed E-state index contributed by atoms with van der Waals surface area (Å²) in [6, 6.07) is 17.2. The monoisotopic (exact) mass is 321 g/mol. The zero-order chi connectivity index (χ0) is 16.9. The van der Waals surface area contributed by atoms with Crippen molar-refractivity contribution < 1.29 is 9.53 Å². The van der Waals surface area contributed by atoms with Gasteiger partial charge < -0.3 is 9.30 Å². The van der Waals surface area contributed by atoms with Crippen LogP contribution in [0.5, 0.6) is 5.75 Å². The van der Waals surface area contributed by atoms with Gasteiger partial charge in [0.25, 0.3) is 5.91 Å². The highest BCUT2D eigenvalue weighted by Gasteiger charge is 2.12. The number of nitrogens with one attached hydrogen (secondary N) is 1. The van der Waals surface area contributed by atoms with Gasteiger partial charge in [0.1, 0.15) is 11.4 Å². The van der Waals surface area contributed by atoms with Crippen molar-refractivity contribution in [2.75, 3.05) is 6.61 Å². The lowest BCUT2D eigenvalue weighted by Gasteiger charge is -2.03. The number of carbonyl (C=O) groups is 1. The normalized spacial score (nSPS) is 11.1. The van der Waals surface area contributed by atoms with Crippen LogP contribution >= 0.6 is 0 Å². The topological polar surface area (TPSA) is 55.6 Å². The number of fused-ring (bicyclic) bond motifs is 1. The lowest BCUT2D eigenvalue weighted by atomic mass is 10.2. The molecule has 3 aromatic rings. The Kier molecular flexibility index (Phi) is 4.61. The summed E-state index contributed by atoms with van der Waals surface area (Å²) in [5.74, 6) is 0.574. The van der Waals surface area contributed by atoms with Gasteiger partial charge in [-0.1, -0.05) is 18.2 Å². The van der Waals surface area contributed by atoms with E-state index < -0.39 is 0 Å². The number of aryl methyl sites for hydroxylation is 1. The highest BCUT2D eigenvalue weighted by Crippen LogP contribution is 2.18. The number of benzene rings is 2. The molecule has 3 rings (SSSR count). The Morgan fingerprint density at radius 1 is 1.21 bits per heavy atom. The molecule has 1 aromatic heterocycles.